The molecule has 0 saturated heterocycles. The zero-order valence-corrected chi connectivity index (χ0v) is 21.8. The van der Waals surface area contributed by atoms with Gasteiger partial charge in [0.2, 0.25) is 11.8 Å². The normalized spacial score (nSPS) is 27.6. The first-order valence-corrected chi connectivity index (χ1v) is 12.4. The highest BCUT2D eigenvalue weighted by Crippen LogP contribution is 2.46. The van der Waals surface area contributed by atoms with Gasteiger partial charge < -0.3 is 20.5 Å². The number of carbonyl (C=O) groups is 2. The van der Waals surface area contributed by atoms with Crippen molar-refractivity contribution in [3.63, 3.8) is 0 Å². The summed E-state index contributed by atoms with van der Waals surface area (Å²) < 4.78 is 11.2. The van der Waals surface area contributed by atoms with Crippen molar-refractivity contribution in [2.75, 3.05) is 13.7 Å². The van der Waals surface area contributed by atoms with E-state index in [2.05, 4.69) is 10.3 Å². The van der Waals surface area contributed by atoms with Crippen molar-refractivity contribution >= 4 is 29.4 Å². The molecule has 190 valence electrons. The minimum Gasteiger partial charge on any atom is -0.487 e. The molecule has 0 radical (unpaired) electrons. The molecule has 0 spiro atoms. The molecule has 4 atom stereocenters. The molecule has 9 heteroatoms. The number of rotatable bonds is 7. The van der Waals surface area contributed by atoms with E-state index in [9.17, 15) is 9.59 Å². The first-order valence-electron chi connectivity index (χ1n) is 12.0. The lowest BCUT2D eigenvalue weighted by molar-refractivity contribution is -0.131. The van der Waals surface area contributed by atoms with Gasteiger partial charge in [0.05, 0.1) is 30.7 Å². The standard InChI is InChI=1S/C26H35ClN4O4/c1-25(2)14-22(32)31(24(28)30-25)20(7-6-10-34-5)17-12-18(17)23(33)29-19-13-26(3,4)35-21-11-15(27)8-9-16(19)21/h6-9,11,17-20H,10,12-14H2,1-5H3,(H2,28,30)(H,29,33)/b7-6+/t17-,18-,19?,20?/m1/s1. The molecule has 0 aromatic heterocycles. The number of nitrogens with two attached hydrogens (primary N) is 1. The summed E-state index contributed by atoms with van der Waals surface area (Å²) in [4.78, 5) is 32.5. The summed E-state index contributed by atoms with van der Waals surface area (Å²) in [5, 5.41) is 3.82. The number of methoxy groups -OCH3 is 1. The number of hydrogen-bond donors (Lipinski definition) is 2. The van der Waals surface area contributed by atoms with Gasteiger partial charge in [0, 0.05) is 30.0 Å². The number of halogens is 1. The molecule has 35 heavy (non-hydrogen) atoms. The van der Waals surface area contributed by atoms with Gasteiger partial charge in [-0.15, -0.1) is 0 Å². The minimum atomic E-state index is -0.537. The number of aliphatic imine (C=N–C) groups is 1. The summed E-state index contributed by atoms with van der Waals surface area (Å²) in [6.45, 7) is 8.18. The Kier molecular flexibility index (Phi) is 6.90. The number of nitrogens with one attached hydrogen (secondary N) is 1. The molecule has 2 amide bonds. The maximum Gasteiger partial charge on any atom is 0.232 e. The van der Waals surface area contributed by atoms with Crippen molar-refractivity contribution in [2.24, 2.45) is 22.6 Å². The largest absolute Gasteiger partial charge is 0.487 e. The number of ether oxygens (including phenoxy) is 2. The lowest BCUT2D eigenvalue weighted by atomic mass is 9.89. The fraction of sp³-hybridized carbons (Fsp3) is 0.577. The predicted octanol–water partition coefficient (Wildman–Crippen LogP) is 3.59. The van der Waals surface area contributed by atoms with Gasteiger partial charge in [0.15, 0.2) is 5.96 Å². The maximum absolute atomic E-state index is 13.4. The van der Waals surface area contributed by atoms with E-state index in [1.165, 1.54) is 0 Å². The highest BCUT2D eigenvalue weighted by molar-refractivity contribution is 6.30. The molecule has 2 aliphatic heterocycles. The molecule has 4 rings (SSSR count). The lowest BCUT2D eigenvalue weighted by Crippen LogP contribution is -2.54. The van der Waals surface area contributed by atoms with Crippen LogP contribution in [-0.2, 0) is 14.3 Å². The van der Waals surface area contributed by atoms with Gasteiger partial charge in [-0.1, -0.05) is 29.8 Å². The van der Waals surface area contributed by atoms with Gasteiger partial charge in [-0.2, -0.15) is 0 Å². The number of amides is 2. The van der Waals surface area contributed by atoms with Crippen LogP contribution in [0.3, 0.4) is 0 Å². The Morgan fingerprint density at radius 3 is 2.83 bits per heavy atom. The Morgan fingerprint density at radius 2 is 2.14 bits per heavy atom. The number of carbonyl (C=O) groups excluding carboxylic acids is 2. The van der Waals surface area contributed by atoms with E-state index < -0.39 is 11.1 Å². The monoisotopic (exact) mass is 502 g/mol. The van der Waals surface area contributed by atoms with Crippen molar-refractivity contribution < 1.29 is 19.1 Å². The molecule has 1 fully saturated rings. The second-order valence-corrected chi connectivity index (χ2v) is 11.3. The van der Waals surface area contributed by atoms with Gasteiger partial charge in [-0.3, -0.25) is 14.5 Å². The van der Waals surface area contributed by atoms with E-state index in [0.29, 0.717) is 30.2 Å². The summed E-state index contributed by atoms with van der Waals surface area (Å²) in [7, 11) is 1.61. The highest BCUT2D eigenvalue weighted by atomic mass is 35.5. The fourth-order valence-corrected chi connectivity index (χ4v) is 5.31. The molecule has 3 N–H and O–H groups in total. The lowest BCUT2D eigenvalue weighted by Gasteiger charge is -2.38. The van der Waals surface area contributed by atoms with Crippen molar-refractivity contribution in [1.82, 2.24) is 10.2 Å². The Labute approximate surface area is 211 Å². The van der Waals surface area contributed by atoms with Crippen LogP contribution in [0.4, 0.5) is 0 Å². The van der Waals surface area contributed by atoms with Crippen LogP contribution in [0.15, 0.2) is 35.3 Å². The van der Waals surface area contributed by atoms with E-state index in [0.717, 1.165) is 5.56 Å². The van der Waals surface area contributed by atoms with E-state index in [1.807, 2.05) is 52.0 Å². The number of benzene rings is 1. The Hall–Kier alpha value is -2.58. The van der Waals surface area contributed by atoms with E-state index in [1.54, 1.807) is 18.1 Å². The molecular weight excluding hydrogens is 468 g/mol. The van der Waals surface area contributed by atoms with Crippen LogP contribution < -0.4 is 15.8 Å². The second kappa shape index (κ2) is 9.47. The number of nitrogens with zero attached hydrogens (tertiary/aromatic N) is 2. The van der Waals surface area contributed by atoms with Crippen LogP contribution in [0, 0.1) is 11.8 Å². The first kappa shape index (κ1) is 25.5. The molecule has 1 aromatic carbocycles. The number of hydrogen-bond acceptors (Lipinski definition) is 6. The smallest absolute Gasteiger partial charge is 0.232 e. The minimum absolute atomic E-state index is 0.0379. The molecule has 1 saturated carbocycles. The van der Waals surface area contributed by atoms with Crippen molar-refractivity contribution in [2.45, 2.75) is 70.2 Å². The van der Waals surface area contributed by atoms with Gasteiger partial charge in [0.1, 0.15) is 11.4 Å². The van der Waals surface area contributed by atoms with Crippen LogP contribution in [0.2, 0.25) is 5.02 Å². The third-order valence-corrected chi connectivity index (χ3v) is 7.01. The number of fused-ring (bicyclic) bond motifs is 1. The average Bonchev–Trinajstić information content (AvgIpc) is 3.51. The van der Waals surface area contributed by atoms with Crippen LogP contribution in [-0.4, -0.2) is 53.6 Å². The molecule has 3 aliphatic rings. The Morgan fingerprint density at radius 1 is 1.40 bits per heavy atom. The van der Waals surface area contributed by atoms with Crippen LogP contribution >= 0.6 is 11.6 Å². The van der Waals surface area contributed by atoms with Crippen molar-refractivity contribution in [3.05, 3.63) is 40.9 Å². The SMILES string of the molecule is COC/C=C/C([C@@H]1C[C@H]1C(=O)NC1CC(C)(C)Oc2cc(Cl)ccc21)N1C(=O)CC(C)(C)N=C1N. The van der Waals surface area contributed by atoms with Crippen LogP contribution in [0.1, 0.15) is 58.6 Å². The Bertz CT molecular complexity index is 1070. The zero-order valence-electron chi connectivity index (χ0n) is 21.0. The summed E-state index contributed by atoms with van der Waals surface area (Å²) >= 11 is 6.17. The summed E-state index contributed by atoms with van der Waals surface area (Å²) in [5.41, 5.74) is 6.18. The van der Waals surface area contributed by atoms with Gasteiger partial charge in [0.25, 0.3) is 0 Å². The molecule has 2 unspecified atom stereocenters. The van der Waals surface area contributed by atoms with Crippen LogP contribution in [0.5, 0.6) is 5.75 Å². The molecule has 1 aliphatic carbocycles. The first-order chi connectivity index (χ1) is 16.4. The average molecular weight is 503 g/mol. The molecule has 2 heterocycles. The summed E-state index contributed by atoms with van der Waals surface area (Å²) in [6.07, 6.45) is 5.34. The molecular formula is C26H35ClN4O4. The van der Waals surface area contributed by atoms with Gasteiger partial charge >= 0.3 is 0 Å². The van der Waals surface area contributed by atoms with Crippen molar-refractivity contribution in [1.29, 1.82) is 0 Å². The van der Waals surface area contributed by atoms with E-state index >= 15 is 0 Å². The Balaban J connectivity index is 1.52. The second-order valence-electron chi connectivity index (χ2n) is 10.9. The number of guanidine groups is 1. The third kappa shape index (κ3) is 5.64. The maximum atomic E-state index is 13.4. The molecule has 8 nitrogen and oxygen atoms in total. The van der Waals surface area contributed by atoms with Crippen LogP contribution in [0.25, 0.3) is 0 Å². The zero-order chi connectivity index (χ0) is 25.5. The van der Waals surface area contributed by atoms with E-state index in [-0.39, 0.29) is 48.1 Å². The molecule has 1 aromatic rings. The quantitative estimate of drug-likeness (QED) is 0.554. The van der Waals surface area contributed by atoms with Gasteiger partial charge in [-0.05, 0) is 52.2 Å². The predicted molar refractivity (Wildman–Crippen MR) is 135 cm³/mol. The summed E-state index contributed by atoms with van der Waals surface area (Å²) in [5.74, 6) is 0.476. The van der Waals surface area contributed by atoms with E-state index in [4.69, 9.17) is 26.8 Å². The topological polar surface area (TPSA) is 106 Å². The molecule has 0 bridgehead atoms. The fourth-order valence-electron chi connectivity index (χ4n) is 5.14. The third-order valence-electron chi connectivity index (χ3n) is 6.78. The highest BCUT2D eigenvalue weighted by Gasteiger charge is 2.52. The van der Waals surface area contributed by atoms with Gasteiger partial charge in [-0.25, -0.2) is 4.99 Å². The van der Waals surface area contributed by atoms with Crippen molar-refractivity contribution in [3.8, 4) is 5.75 Å². The summed E-state index contributed by atoms with van der Waals surface area (Å²) in [6, 6.07) is 4.96.